The van der Waals surface area contributed by atoms with Crippen LogP contribution in [0.1, 0.15) is 30.0 Å². The number of nitrogens with zero attached hydrogens (tertiary/aromatic N) is 2. The van der Waals surface area contributed by atoms with Crippen molar-refractivity contribution in [2.24, 2.45) is 0 Å². The van der Waals surface area contributed by atoms with Gasteiger partial charge in [-0.2, -0.15) is 0 Å². The highest BCUT2D eigenvalue weighted by Crippen LogP contribution is 2.30. The molecule has 4 nitrogen and oxygen atoms in total. The first-order chi connectivity index (χ1) is 13.2. The summed E-state index contributed by atoms with van der Waals surface area (Å²) in [6, 6.07) is 18.3. The summed E-state index contributed by atoms with van der Waals surface area (Å²) in [5.41, 5.74) is 3.54. The number of amides is 1. The van der Waals surface area contributed by atoms with Crippen LogP contribution in [0, 0.1) is 3.95 Å². The van der Waals surface area contributed by atoms with Gasteiger partial charge in [0.25, 0.3) is 0 Å². The highest BCUT2D eigenvalue weighted by Gasteiger charge is 2.21. The van der Waals surface area contributed by atoms with Crippen molar-refractivity contribution in [2.75, 3.05) is 5.75 Å². The SMILES string of the molecule is O=C(CSc1nn(-c2ccccc2)c(=S)s1)NC1CCCc2ccccc21. The van der Waals surface area contributed by atoms with Gasteiger partial charge in [-0.15, -0.1) is 5.10 Å². The monoisotopic (exact) mass is 413 g/mol. The van der Waals surface area contributed by atoms with Gasteiger partial charge in [-0.25, -0.2) is 4.68 Å². The predicted molar refractivity (Wildman–Crippen MR) is 113 cm³/mol. The van der Waals surface area contributed by atoms with Crippen LogP contribution in [0.15, 0.2) is 58.9 Å². The average molecular weight is 414 g/mol. The van der Waals surface area contributed by atoms with Gasteiger partial charge in [-0.05, 0) is 54.7 Å². The highest BCUT2D eigenvalue weighted by atomic mass is 32.2. The number of carbonyl (C=O) groups is 1. The van der Waals surface area contributed by atoms with Crippen LogP contribution in [0.2, 0.25) is 0 Å². The van der Waals surface area contributed by atoms with Gasteiger partial charge in [0.1, 0.15) is 0 Å². The number of thioether (sulfide) groups is 1. The van der Waals surface area contributed by atoms with Crippen molar-refractivity contribution in [2.45, 2.75) is 29.6 Å². The molecule has 138 valence electrons. The standard InChI is InChI=1S/C20H19N3OS3/c24-18(21-17-12-6-8-14-7-4-5-11-16(14)17)13-26-19-22-23(20(25)27-19)15-9-2-1-3-10-15/h1-5,7,9-11,17H,6,8,12-13H2,(H,21,24). The quantitative estimate of drug-likeness (QED) is 0.475. The summed E-state index contributed by atoms with van der Waals surface area (Å²) in [7, 11) is 0. The summed E-state index contributed by atoms with van der Waals surface area (Å²) < 4.78 is 3.24. The molecular weight excluding hydrogens is 394 g/mol. The summed E-state index contributed by atoms with van der Waals surface area (Å²) in [6.07, 6.45) is 3.20. The van der Waals surface area contributed by atoms with Gasteiger partial charge in [-0.1, -0.05) is 65.6 Å². The van der Waals surface area contributed by atoms with E-state index in [0.717, 1.165) is 29.3 Å². The second-order valence-corrected chi connectivity index (χ2v) is 9.23. The maximum absolute atomic E-state index is 12.5. The lowest BCUT2D eigenvalue weighted by atomic mass is 9.88. The number of carbonyl (C=O) groups excluding carboxylic acids is 1. The van der Waals surface area contributed by atoms with E-state index < -0.39 is 0 Å². The Labute approximate surface area is 171 Å². The molecule has 0 saturated carbocycles. The number of fused-ring (bicyclic) bond motifs is 1. The third-order valence-corrected chi connectivity index (χ3v) is 6.93. The first-order valence-corrected chi connectivity index (χ1v) is 11.1. The third-order valence-electron chi connectivity index (χ3n) is 4.56. The predicted octanol–water partition coefficient (Wildman–Crippen LogP) is 4.95. The Morgan fingerprint density at radius 2 is 2.00 bits per heavy atom. The van der Waals surface area contributed by atoms with Crippen LogP contribution in [0.4, 0.5) is 0 Å². The zero-order valence-corrected chi connectivity index (χ0v) is 17.1. The summed E-state index contributed by atoms with van der Waals surface area (Å²) in [5.74, 6) is 0.379. The molecule has 27 heavy (non-hydrogen) atoms. The fraction of sp³-hybridized carbons (Fsp3) is 0.250. The van der Waals surface area contributed by atoms with Gasteiger partial charge in [0.05, 0.1) is 17.5 Å². The molecule has 1 heterocycles. The second-order valence-electron chi connectivity index (χ2n) is 6.38. The Kier molecular flexibility index (Phi) is 5.71. The Morgan fingerprint density at radius 3 is 2.85 bits per heavy atom. The topological polar surface area (TPSA) is 46.9 Å². The van der Waals surface area contributed by atoms with Gasteiger partial charge in [0.15, 0.2) is 8.29 Å². The van der Waals surface area contributed by atoms with Crippen LogP contribution >= 0.6 is 35.3 Å². The first kappa shape index (κ1) is 18.4. The van der Waals surface area contributed by atoms with Crippen LogP contribution < -0.4 is 5.32 Å². The van der Waals surface area contributed by atoms with E-state index in [1.165, 1.54) is 34.2 Å². The number of hydrogen-bond donors (Lipinski definition) is 1. The van der Waals surface area contributed by atoms with Gasteiger partial charge < -0.3 is 5.32 Å². The van der Waals surface area contributed by atoms with E-state index in [1.54, 1.807) is 4.68 Å². The zero-order valence-electron chi connectivity index (χ0n) is 14.6. The van der Waals surface area contributed by atoms with Gasteiger partial charge in [0, 0.05) is 0 Å². The number of aryl methyl sites for hydroxylation is 1. The molecule has 0 spiro atoms. The van der Waals surface area contributed by atoms with E-state index in [1.807, 2.05) is 36.4 Å². The van der Waals surface area contributed by atoms with E-state index in [9.17, 15) is 4.79 Å². The maximum Gasteiger partial charge on any atom is 0.230 e. The summed E-state index contributed by atoms with van der Waals surface area (Å²) >= 11 is 8.29. The lowest BCUT2D eigenvalue weighted by Crippen LogP contribution is -2.32. The summed E-state index contributed by atoms with van der Waals surface area (Å²) in [6.45, 7) is 0. The van der Waals surface area contributed by atoms with Gasteiger partial charge in [-0.3, -0.25) is 4.79 Å². The summed E-state index contributed by atoms with van der Waals surface area (Å²) in [4.78, 5) is 12.5. The molecule has 0 bridgehead atoms. The number of para-hydroxylation sites is 1. The molecule has 0 saturated heterocycles. The van der Waals surface area contributed by atoms with Crippen molar-refractivity contribution < 1.29 is 4.79 Å². The van der Waals surface area contributed by atoms with E-state index >= 15 is 0 Å². The smallest absolute Gasteiger partial charge is 0.230 e. The molecule has 4 rings (SSSR count). The molecule has 1 aliphatic carbocycles. The number of aromatic nitrogens is 2. The van der Waals surface area contributed by atoms with Crippen LogP contribution in [0.3, 0.4) is 0 Å². The fourth-order valence-corrected chi connectivity index (χ4v) is 5.49. The van der Waals surface area contributed by atoms with Crippen molar-refractivity contribution in [1.82, 2.24) is 15.1 Å². The Balaban J connectivity index is 1.39. The molecule has 1 aliphatic rings. The third kappa shape index (κ3) is 4.31. The van der Waals surface area contributed by atoms with Crippen LogP contribution in [0.25, 0.3) is 5.69 Å². The minimum Gasteiger partial charge on any atom is -0.349 e. The largest absolute Gasteiger partial charge is 0.349 e. The molecule has 3 aromatic rings. The number of hydrogen-bond acceptors (Lipinski definition) is 5. The van der Waals surface area contributed by atoms with E-state index in [4.69, 9.17) is 12.2 Å². The van der Waals surface area contributed by atoms with Crippen molar-refractivity contribution in [1.29, 1.82) is 0 Å². The highest BCUT2D eigenvalue weighted by molar-refractivity contribution is 8.01. The van der Waals surface area contributed by atoms with Crippen LogP contribution in [-0.4, -0.2) is 21.4 Å². The number of benzene rings is 2. The Hall–Kier alpha value is -1.96. The lowest BCUT2D eigenvalue weighted by Gasteiger charge is -2.26. The molecule has 1 amide bonds. The molecule has 1 unspecified atom stereocenters. The number of nitrogens with one attached hydrogen (secondary N) is 1. The molecule has 1 N–H and O–H groups in total. The Bertz CT molecular complexity index is 997. The van der Waals surface area contributed by atoms with Crippen molar-refractivity contribution in [3.8, 4) is 5.69 Å². The van der Waals surface area contributed by atoms with E-state index in [0.29, 0.717) is 9.71 Å². The van der Waals surface area contributed by atoms with Crippen molar-refractivity contribution in [3.05, 3.63) is 69.7 Å². The lowest BCUT2D eigenvalue weighted by molar-refractivity contribution is -0.119. The van der Waals surface area contributed by atoms with Gasteiger partial charge >= 0.3 is 0 Å². The minimum atomic E-state index is 0.0362. The molecule has 0 fully saturated rings. The fourth-order valence-electron chi connectivity index (χ4n) is 3.32. The van der Waals surface area contributed by atoms with E-state index in [2.05, 4.69) is 28.6 Å². The summed E-state index contributed by atoms with van der Waals surface area (Å²) in [5, 5.41) is 7.73. The molecule has 1 aromatic heterocycles. The molecule has 2 aromatic carbocycles. The first-order valence-electron chi connectivity index (χ1n) is 8.86. The Morgan fingerprint density at radius 1 is 1.22 bits per heavy atom. The normalized spacial score (nSPS) is 15.9. The average Bonchev–Trinajstić information content (AvgIpc) is 3.08. The molecule has 1 atom stereocenters. The maximum atomic E-state index is 12.5. The van der Waals surface area contributed by atoms with Crippen LogP contribution in [-0.2, 0) is 11.2 Å². The molecule has 0 radical (unpaired) electrons. The molecule has 7 heteroatoms. The minimum absolute atomic E-state index is 0.0362. The second kappa shape index (κ2) is 8.37. The molecular formula is C20H19N3OS3. The van der Waals surface area contributed by atoms with E-state index in [-0.39, 0.29) is 11.9 Å². The molecule has 0 aliphatic heterocycles. The van der Waals surface area contributed by atoms with Crippen molar-refractivity contribution >= 4 is 41.2 Å². The van der Waals surface area contributed by atoms with Crippen molar-refractivity contribution in [3.63, 3.8) is 0 Å². The zero-order chi connectivity index (χ0) is 18.6. The van der Waals surface area contributed by atoms with Crippen LogP contribution in [0.5, 0.6) is 0 Å². The van der Waals surface area contributed by atoms with Gasteiger partial charge in [0.2, 0.25) is 5.91 Å². The number of rotatable bonds is 5.